The Labute approximate surface area is 287 Å². The number of halogens is 1. The molecule has 1 heterocycles. The number of ketones is 1. The third-order valence-electron chi connectivity index (χ3n) is 12.4. The molecule has 4 N–H and O–H groups in total. The van der Waals surface area contributed by atoms with Gasteiger partial charge in [-0.1, -0.05) is 45.3 Å². The van der Waals surface area contributed by atoms with E-state index in [9.17, 15) is 34.5 Å². The Morgan fingerprint density at radius 2 is 1.92 bits per heavy atom. The Balaban J connectivity index is 1.15. The molecule has 1 aliphatic heterocycles. The van der Waals surface area contributed by atoms with Crippen molar-refractivity contribution in [3.8, 4) is 0 Å². The molecule has 0 spiro atoms. The first-order chi connectivity index (χ1) is 22.7. The number of fused-ring (bicyclic) bond motifs is 5. The van der Waals surface area contributed by atoms with Crippen LogP contribution < -0.4 is 5.43 Å². The number of carbonyl (C=O) groups excluding carboxylic acids is 4. The lowest BCUT2D eigenvalue weighted by molar-refractivity contribution is -0.219. The fraction of sp³-hybridized carbons (Fsp3) is 0.750. The highest BCUT2D eigenvalue weighted by molar-refractivity contribution is 8.00. The summed E-state index contributed by atoms with van der Waals surface area (Å²) in [4.78, 5) is 51.6. The van der Waals surface area contributed by atoms with Gasteiger partial charge in [-0.15, -0.1) is 11.8 Å². The molecule has 0 radical (unpaired) electrons. The first kappa shape index (κ1) is 36.9. The van der Waals surface area contributed by atoms with Gasteiger partial charge in [0.05, 0.1) is 17.1 Å². The number of unbranched alkanes of at least 4 members (excludes halogenated alkanes) is 3. The van der Waals surface area contributed by atoms with Crippen molar-refractivity contribution >= 4 is 41.0 Å². The number of allylic oxidation sites excluding steroid dienone is 4. The molecule has 5 aliphatic rings. The van der Waals surface area contributed by atoms with Gasteiger partial charge in [-0.3, -0.25) is 24.1 Å². The summed E-state index contributed by atoms with van der Waals surface area (Å²) in [6.07, 6.45) is 9.47. The monoisotopic (exact) mass is 689 g/mol. The molecule has 4 fully saturated rings. The average Bonchev–Trinajstić information content (AvgIpc) is 3.43. The molecule has 1 saturated heterocycles. The van der Waals surface area contributed by atoms with Crippen LogP contribution in [0.15, 0.2) is 28.9 Å². The number of aliphatic hydroxyl groups is 3. The molecule has 1 unspecified atom stereocenters. The van der Waals surface area contributed by atoms with Crippen LogP contribution in [-0.2, 0) is 19.2 Å². The fourth-order valence-corrected chi connectivity index (χ4v) is 10.9. The van der Waals surface area contributed by atoms with E-state index in [4.69, 9.17) is 0 Å². The van der Waals surface area contributed by atoms with E-state index < -0.39 is 52.4 Å². The molecule has 10 nitrogen and oxygen atoms in total. The molecule has 9 atom stereocenters. The van der Waals surface area contributed by atoms with E-state index in [1.54, 1.807) is 50.8 Å². The molecule has 0 aromatic heterocycles. The first-order valence-electron chi connectivity index (χ1n) is 17.6. The number of Topliss-reactive ketones (excluding diaryl/α,β-unsaturated/α-hetero) is 1. The number of rotatable bonds is 13. The van der Waals surface area contributed by atoms with Crippen LogP contribution in [0.2, 0.25) is 0 Å². The van der Waals surface area contributed by atoms with Crippen molar-refractivity contribution in [1.82, 2.24) is 10.3 Å². The minimum atomic E-state index is -2.04. The van der Waals surface area contributed by atoms with Crippen molar-refractivity contribution in [2.75, 3.05) is 18.9 Å². The minimum absolute atomic E-state index is 0.0982. The molecule has 4 aliphatic carbocycles. The van der Waals surface area contributed by atoms with Crippen LogP contribution in [0.3, 0.4) is 0 Å². The third-order valence-corrected chi connectivity index (χ3v) is 13.7. The van der Waals surface area contributed by atoms with Gasteiger partial charge in [0, 0.05) is 36.1 Å². The molecule has 5 rings (SSSR count). The van der Waals surface area contributed by atoms with Crippen molar-refractivity contribution in [1.29, 1.82) is 0 Å². The van der Waals surface area contributed by atoms with Crippen molar-refractivity contribution in [3.63, 3.8) is 0 Å². The van der Waals surface area contributed by atoms with E-state index in [-0.39, 0.29) is 48.2 Å². The lowest BCUT2D eigenvalue weighted by Gasteiger charge is -2.62. The standard InChI is InChI=1S/C36H52FN3O7S/c1-5-6-16-48-27-19-31(45)40(32(27)46)15-9-7-8-10-30(44)39-38-24-13-14-33(3)23(18-24)11-12-25-26-17-22(2)36(47,29(43)21-41)34(26,4)20-28(42)35(25,33)37/h13-14,18,22,25-28,41-42,47H,5-12,15-17,19-21H2,1-4H3,(H,39,44)/b38-24-/t22-,25+,26+,27?,28+,33+,34+,35+,36+/m1/s1. The van der Waals surface area contributed by atoms with Gasteiger partial charge in [-0.25, -0.2) is 9.82 Å². The summed E-state index contributed by atoms with van der Waals surface area (Å²) in [6.45, 7) is 6.96. The van der Waals surface area contributed by atoms with Crippen LogP contribution in [0.25, 0.3) is 0 Å². The number of nitrogens with one attached hydrogen (secondary N) is 1. The van der Waals surface area contributed by atoms with Crippen LogP contribution in [0.4, 0.5) is 4.39 Å². The summed E-state index contributed by atoms with van der Waals surface area (Å²) in [7, 11) is 0. The Morgan fingerprint density at radius 1 is 1.17 bits per heavy atom. The largest absolute Gasteiger partial charge is 0.390 e. The van der Waals surface area contributed by atoms with Gasteiger partial charge in [-0.2, -0.15) is 5.10 Å². The maximum atomic E-state index is 17.6. The van der Waals surface area contributed by atoms with E-state index in [0.717, 1.165) is 24.2 Å². The van der Waals surface area contributed by atoms with E-state index in [0.29, 0.717) is 50.8 Å². The molecule has 266 valence electrons. The van der Waals surface area contributed by atoms with Crippen LogP contribution in [-0.4, -0.2) is 91.0 Å². The summed E-state index contributed by atoms with van der Waals surface area (Å²) in [5, 5.41) is 36.8. The normalized spacial score (nSPS) is 39.7. The van der Waals surface area contributed by atoms with E-state index >= 15 is 4.39 Å². The Bertz CT molecular complexity index is 1400. The van der Waals surface area contributed by atoms with Crippen molar-refractivity contribution in [3.05, 3.63) is 23.8 Å². The van der Waals surface area contributed by atoms with Crippen LogP contribution in [0, 0.1) is 28.6 Å². The van der Waals surface area contributed by atoms with Gasteiger partial charge < -0.3 is 15.3 Å². The second-order valence-electron chi connectivity index (χ2n) is 15.0. The van der Waals surface area contributed by atoms with Crippen molar-refractivity contribution in [2.24, 2.45) is 33.7 Å². The van der Waals surface area contributed by atoms with Crippen LogP contribution in [0.5, 0.6) is 0 Å². The second-order valence-corrected chi connectivity index (χ2v) is 16.3. The van der Waals surface area contributed by atoms with Crippen molar-refractivity contribution < 1.29 is 38.9 Å². The summed E-state index contributed by atoms with van der Waals surface area (Å²) >= 11 is 1.56. The predicted molar refractivity (Wildman–Crippen MR) is 181 cm³/mol. The first-order valence-corrected chi connectivity index (χ1v) is 18.7. The Hall–Kier alpha value is -2.41. The maximum absolute atomic E-state index is 17.6. The zero-order valence-corrected chi connectivity index (χ0v) is 29.5. The zero-order valence-electron chi connectivity index (χ0n) is 28.7. The second kappa shape index (κ2) is 14.1. The molecule has 0 bridgehead atoms. The molecule has 3 saturated carbocycles. The molecule has 0 aromatic rings. The van der Waals surface area contributed by atoms with Gasteiger partial charge >= 0.3 is 0 Å². The predicted octanol–water partition coefficient (Wildman–Crippen LogP) is 4.02. The number of amides is 3. The molecule has 0 aromatic carbocycles. The van der Waals surface area contributed by atoms with Crippen molar-refractivity contribution in [2.45, 2.75) is 121 Å². The van der Waals surface area contributed by atoms with E-state index in [2.05, 4.69) is 17.5 Å². The Morgan fingerprint density at radius 3 is 2.62 bits per heavy atom. The number of aliphatic hydroxyl groups excluding tert-OH is 2. The number of nitrogens with zero attached hydrogens (tertiary/aromatic N) is 2. The third kappa shape index (κ3) is 5.92. The highest BCUT2D eigenvalue weighted by Gasteiger charge is 2.75. The summed E-state index contributed by atoms with van der Waals surface area (Å²) < 4.78 is 17.6. The minimum Gasteiger partial charge on any atom is -0.390 e. The number of alkyl halides is 1. The van der Waals surface area contributed by atoms with Gasteiger partial charge in [0.2, 0.25) is 17.7 Å². The van der Waals surface area contributed by atoms with E-state index in [1.807, 2.05) is 0 Å². The SMILES string of the molecule is CCCCSC1CC(=O)N(CCCCCC(=O)N/N=C2/C=C[C@@]3(C)C(=C2)CC[C@H]2[C@@H]4C[C@@H](C)[C@](O)(C(=O)CO)[C@@]4(C)C[C@H](O)[C@@]23F)C1=O. The highest BCUT2D eigenvalue weighted by Crippen LogP contribution is 2.70. The lowest BCUT2D eigenvalue weighted by atomic mass is 9.44. The number of carbonyl (C=O) groups is 4. The molecule has 12 heteroatoms. The zero-order chi connectivity index (χ0) is 35.1. The molecular formula is C36H52FN3O7S. The topological polar surface area (TPSA) is 157 Å². The molecule has 48 heavy (non-hydrogen) atoms. The number of imide groups is 1. The number of thioether (sulfide) groups is 1. The number of hydrogen-bond donors (Lipinski definition) is 4. The summed E-state index contributed by atoms with van der Waals surface area (Å²) in [6, 6.07) is 0. The fourth-order valence-electron chi connectivity index (χ4n) is 9.64. The summed E-state index contributed by atoms with van der Waals surface area (Å²) in [5.41, 5.74) is -2.27. The number of hydrogen-bond acceptors (Lipinski definition) is 9. The maximum Gasteiger partial charge on any atom is 0.242 e. The quantitative estimate of drug-likeness (QED) is 0.128. The molecular weight excluding hydrogens is 637 g/mol. The average molecular weight is 690 g/mol. The van der Waals surface area contributed by atoms with Crippen LogP contribution in [0.1, 0.15) is 98.3 Å². The van der Waals surface area contributed by atoms with Gasteiger partial charge in [-0.05, 0) is 81.6 Å². The van der Waals surface area contributed by atoms with E-state index in [1.165, 1.54) is 4.90 Å². The number of likely N-dealkylation sites (tertiary alicyclic amines) is 1. The van der Waals surface area contributed by atoms with Gasteiger partial charge in [0.1, 0.15) is 12.2 Å². The Kier molecular flexibility index (Phi) is 10.8. The smallest absolute Gasteiger partial charge is 0.242 e. The van der Waals surface area contributed by atoms with Gasteiger partial charge in [0.15, 0.2) is 11.5 Å². The summed E-state index contributed by atoms with van der Waals surface area (Å²) in [5.74, 6) is -1.73. The van der Waals surface area contributed by atoms with Crippen LogP contribution >= 0.6 is 11.8 Å². The number of hydrazone groups is 1. The highest BCUT2D eigenvalue weighted by atomic mass is 32.2. The molecule has 3 amide bonds. The van der Waals surface area contributed by atoms with Gasteiger partial charge in [0.25, 0.3) is 0 Å². The lowest BCUT2D eigenvalue weighted by Crippen LogP contribution is -2.69.